The topological polar surface area (TPSA) is 117 Å². The second-order valence-electron chi connectivity index (χ2n) is 9.89. The highest BCUT2D eigenvalue weighted by molar-refractivity contribution is 7.07. The van der Waals surface area contributed by atoms with Gasteiger partial charge in [-0.2, -0.15) is 0 Å². The zero-order valence-electron chi connectivity index (χ0n) is 23.5. The van der Waals surface area contributed by atoms with Crippen LogP contribution in [-0.2, 0) is 9.53 Å². The van der Waals surface area contributed by atoms with Gasteiger partial charge in [0.1, 0.15) is 17.3 Å². The number of esters is 1. The molecule has 0 saturated carbocycles. The van der Waals surface area contributed by atoms with Crippen LogP contribution in [0.25, 0.3) is 23.1 Å². The van der Waals surface area contributed by atoms with Crippen LogP contribution in [0.2, 0.25) is 0 Å². The van der Waals surface area contributed by atoms with E-state index in [1.165, 1.54) is 34.9 Å². The molecule has 5 aromatic rings. The summed E-state index contributed by atoms with van der Waals surface area (Å²) in [5.41, 5.74) is 2.23. The molecule has 9 nitrogen and oxygen atoms in total. The maximum atomic E-state index is 14.0. The largest absolute Gasteiger partial charge is 0.463 e. The number of carbonyl (C=O) groups excluding carboxylic acids is 1. The van der Waals surface area contributed by atoms with Crippen molar-refractivity contribution >= 4 is 34.8 Å². The van der Waals surface area contributed by atoms with Crippen LogP contribution in [0.5, 0.6) is 0 Å². The van der Waals surface area contributed by atoms with Crippen molar-refractivity contribution in [3.63, 3.8) is 0 Å². The highest BCUT2D eigenvalue weighted by Crippen LogP contribution is 2.35. The number of aromatic nitrogens is 1. The summed E-state index contributed by atoms with van der Waals surface area (Å²) < 4.78 is 27.1. The van der Waals surface area contributed by atoms with Gasteiger partial charge < -0.3 is 9.15 Å². The summed E-state index contributed by atoms with van der Waals surface area (Å²) in [6, 6.07) is 21.9. The molecule has 6 rings (SSSR count). The molecule has 0 fully saturated rings. The van der Waals surface area contributed by atoms with Crippen LogP contribution in [0.1, 0.15) is 35.4 Å². The van der Waals surface area contributed by atoms with E-state index >= 15 is 0 Å². The fourth-order valence-corrected chi connectivity index (χ4v) is 6.17. The van der Waals surface area contributed by atoms with Crippen LogP contribution in [-0.4, -0.2) is 22.1 Å². The number of thiazole rings is 1. The number of fused-ring (bicyclic) bond motifs is 1. The standard InChI is InChI=1S/C33H24FN3O6S/c1-3-42-32(39)28-29(20-8-5-4-6-9-20)35-33-36(30(28)21-12-14-22(34)15-13-21)31(38)27(44-33)18-23-16-17-26(43-23)24-10-7-11-25(19(24)2)37(40)41/h4-18,30H,3H2,1-2H3/b27-18-/t30-/m0/s1. The number of carbonyl (C=O) groups is 1. The van der Waals surface area contributed by atoms with E-state index in [4.69, 9.17) is 14.1 Å². The second kappa shape index (κ2) is 11.7. The van der Waals surface area contributed by atoms with Crippen molar-refractivity contribution in [1.82, 2.24) is 4.57 Å². The van der Waals surface area contributed by atoms with Crippen molar-refractivity contribution in [3.8, 4) is 11.3 Å². The number of ether oxygens (including phenoxy) is 1. The van der Waals surface area contributed by atoms with Crippen LogP contribution in [0.4, 0.5) is 10.1 Å². The van der Waals surface area contributed by atoms with Crippen molar-refractivity contribution in [1.29, 1.82) is 0 Å². The van der Waals surface area contributed by atoms with Crippen LogP contribution >= 0.6 is 11.3 Å². The molecule has 1 aliphatic rings. The summed E-state index contributed by atoms with van der Waals surface area (Å²) in [7, 11) is 0. The minimum atomic E-state index is -0.942. The molecule has 0 aliphatic carbocycles. The van der Waals surface area contributed by atoms with Gasteiger partial charge in [0.05, 0.1) is 33.4 Å². The third kappa shape index (κ3) is 5.18. The number of benzene rings is 3. The first kappa shape index (κ1) is 28.7. The predicted molar refractivity (Wildman–Crippen MR) is 163 cm³/mol. The Bertz CT molecular complexity index is 2130. The highest BCUT2D eigenvalue weighted by atomic mass is 32.1. The summed E-state index contributed by atoms with van der Waals surface area (Å²) in [5, 5.41) is 11.4. The number of nitro groups is 1. The Hall–Kier alpha value is -5.42. The minimum absolute atomic E-state index is 0.0267. The van der Waals surface area contributed by atoms with Gasteiger partial charge in [-0.1, -0.05) is 65.9 Å². The maximum absolute atomic E-state index is 14.0. The molecule has 0 spiro atoms. The number of hydrogen-bond acceptors (Lipinski definition) is 8. The van der Waals surface area contributed by atoms with Crippen LogP contribution < -0.4 is 14.9 Å². The van der Waals surface area contributed by atoms with Gasteiger partial charge in [0.15, 0.2) is 4.80 Å². The van der Waals surface area contributed by atoms with Gasteiger partial charge >= 0.3 is 5.97 Å². The Labute approximate surface area is 253 Å². The predicted octanol–water partition coefficient (Wildman–Crippen LogP) is 5.55. The van der Waals surface area contributed by atoms with Gasteiger partial charge in [0.2, 0.25) is 0 Å². The number of halogens is 1. The number of nitro benzene ring substituents is 1. The monoisotopic (exact) mass is 609 g/mol. The molecule has 0 bridgehead atoms. The van der Waals surface area contributed by atoms with Gasteiger partial charge in [-0.25, -0.2) is 14.2 Å². The lowest BCUT2D eigenvalue weighted by atomic mass is 9.93. The van der Waals surface area contributed by atoms with E-state index in [2.05, 4.69) is 0 Å². The Morgan fingerprint density at radius 3 is 2.55 bits per heavy atom. The minimum Gasteiger partial charge on any atom is -0.463 e. The fraction of sp³-hybridized carbons (Fsp3) is 0.121. The summed E-state index contributed by atoms with van der Waals surface area (Å²) in [6.45, 7) is 3.44. The molecule has 3 heterocycles. The molecule has 0 N–H and O–H groups in total. The molecule has 0 radical (unpaired) electrons. The zero-order chi connectivity index (χ0) is 31.0. The Kier molecular flexibility index (Phi) is 7.62. The molecule has 0 saturated heterocycles. The van der Waals surface area contributed by atoms with Gasteiger partial charge in [-0.15, -0.1) is 0 Å². The third-order valence-corrected chi connectivity index (χ3v) is 8.21. The maximum Gasteiger partial charge on any atom is 0.338 e. The lowest BCUT2D eigenvalue weighted by Crippen LogP contribution is -2.40. The van der Waals surface area contributed by atoms with Crippen molar-refractivity contribution in [3.05, 3.63) is 149 Å². The van der Waals surface area contributed by atoms with E-state index in [0.29, 0.717) is 44.3 Å². The number of nitrogens with zero attached hydrogens (tertiary/aromatic N) is 3. The summed E-state index contributed by atoms with van der Waals surface area (Å²) in [4.78, 5) is 43.6. The molecule has 44 heavy (non-hydrogen) atoms. The second-order valence-corrected chi connectivity index (χ2v) is 10.9. The fourth-order valence-electron chi connectivity index (χ4n) is 5.19. The first-order chi connectivity index (χ1) is 21.3. The summed E-state index contributed by atoms with van der Waals surface area (Å²) >= 11 is 1.12. The molecule has 2 aromatic heterocycles. The van der Waals surface area contributed by atoms with E-state index in [1.807, 2.05) is 30.3 Å². The van der Waals surface area contributed by atoms with E-state index < -0.39 is 28.3 Å². The van der Waals surface area contributed by atoms with Crippen molar-refractivity contribution in [2.45, 2.75) is 19.9 Å². The van der Waals surface area contributed by atoms with Crippen LogP contribution in [0.3, 0.4) is 0 Å². The number of furan rings is 1. The normalized spacial score (nSPS) is 14.7. The Balaban J connectivity index is 1.54. The Morgan fingerprint density at radius 2 is 1.84 bits per heavy atom. The van der Waals surface area contributed by atoms with Gasteiger partial charge in [0, 0.05) is 28.8 Å². The van der Waals surface area contributed by atoms with E-state index in [0.717, 1.165) is 11.3 Å². The molecule has 3 aromatic carbocycles. The molecule has 0 amide bonds. The molecule has 1 aliphatic heterocycles. The van der Waals surface area contributed by atoms with Crippen LogP contribution in [0.15, 0.2) is 105 Å². The summed E-state index contributed by atoms with van der Waals surface area (Å²) in [5.74, 6) is -0.340. The third-order valence-electron chi connectivity index (χ3n) is 7.23. The number of rotatable bonds is 7. The molecule has 220 valence electrons. The highest BCUT2D eigenvalue weighted by Gasteiger charge is 2.35. The van der Waals surface area contributed by atoms with E-state index in [1.54, 1.807) is 44.2 Å². The van der Waals surface area contributed by atoms with Gasteiger partial charge in [0.25, 0.3) is 11.2 Å². The lowest BCUT2D eigenvalue weighted by molar-refractivity contribution is -0.385. The smallest absolute Gasteiger partial charge is 0.338 e. The first-order valence-corrected chi connectivity index (χ1v) is 14.5. The average Bonchev–Trinajstić information content (AvgIpc) is 3.61. The average molecular weight is 610 g/mol. The van der Waals surface area contributed by atoms with Crippen LogP contribution in [0, 0.1) is 22.9 Å². The number of hydrogen-bond donors (Lipinski definition) is 0. The molecule has 0 unspecified atom stereocenters. The van der Waals surface area contributed by atoms with Crippen molar-refractivity contribution in [2.24, 2.45) is 4.99 Å². The quantitative estimate of drug-likeness (QED) is 0.136. The Morgan fingerprint density at radius 1 is 1.09 bits per heavy atom. The van der Waals surface area contributed by atoms with Crippen molar-refractivity contribution < 1.29 is 23.3 Å². The van der Waals surface area contributed by atoms with Crippen molar-refractivity contribution in [2.75, 3.05) is 6.61 Å². The molecular formula is C33H24FN3O6S. The zero-order valence-corrected chi connectivity index (χ0v) is 24.3. The van der Waals surface area contributed by atoms with E-state index in [-0.39, 0.29) is 22.4 Å². The van der Waals surface area contributed by atoms with E-state index in [9.17, 15) is 24.1 Å². The first-order valence-electron chi connectivity index (χ1n) is 13.6. The molecule has 1 atom stereocenters. The van der Waals surface area contributed by atoms with Gasteiger partial charge in [-0.05, 0) is 43.7 Å². The lowest BCUT2D eigenvalue weighted by Gasteiger charge is -2.25. The van der Waals surface area contributed by atoms with Gasteiger partial charge in [-0.3, -0.25) is 19.5 Å². The SMILES string of the molecule is CCOC(=O)C1=C(c2ccccc2)N=c2s/c(=C\c3ccc(-c4cccc([N+](=O)[O-])c4C)o3)c(=O)n2[C@H]1c1ccc(F)cc1. The molecular weight excluding hydrogens is 585 g/mol. The molecule has 11 heteroatoms. The summed E-state index contributed by atoms with van der Waals surface area (Å²) in [6.07, 6.45) is 1.57.